The first-order valence-electron chi connectivity index (χ1n) is 14.3. The van der Waals surface area contributed by atoms with Gasteiger partial charge in [0.25, 0.3) is 0 Å². The molecule has 3 aliphatic heterocycles. The molecule has 6 rings (SSSR count). The number of nitrogens with zero attached hydrogens (tertiary/aromatic N) is 6. The zero-order valence-electron chi connectivity index (χ0n) is 25.0. The van der Waals surface area contributed by atoms with Gasteiger partial charge in [-0.1, -0.05) is 0 Å². The summed E-state index contributed by atoms with van der Waals surface area (Å²) in [6.45, 7) is -1.57. The van der Waals surface area contributed by atoms with Crippen molar-refractivity contribution in [3.05, 3.63) is 35.4 Å². The number of hydrogen-bond donors (Lipinski definition) is 7. The number of carbonyl (C=O) groups excluding carboxylic acids is 1. The van der Waals surface area contributed by atoms with Crippen LogP contribution in [-0.4, -0.2) is 116 Å². The molecule has 23 nitrogen and oxygen atoms in total. The highest BCUT2D eigenvalue weighted by Gasteiger charge is 2.50. The molecule has 0 aliphatic carbocycles. The van der Waals surface area contributed by atoms with Gasteiger partial charge in [-0.2, -0.15) is 4.98 Å². The van der Waals surface area contributed by atoms with Crippen molar-refractivity contribution >= 4 is 56.2 Å². The van der Waals surface area contributed by atoms with Crippen molar-refractivity contribution < 1.29 is 61.5 Å². The Morgan fingerprint density at radius 2 is 1.88 bits per heavy atom. The number of aromatic nitrogens is 6. The molecule has 0 bridgehead atoms. The van der Waals surface area contributed by atoms with Gasteiger partial charge in [-0.25, -0.2) is 28.9 Å². The van der Waals surface area contributed by atoms with Gasteiger partial charge < -0.3 is 45.5 Å². The Morgan fingerprint density at radius 3 is 2.59 bits per heavy atom. The highest BCUT2D eigenvalue weighted by molar-refractivity contribution is 7.99. The van der Waals surface area contributed by atoms with E-state index in [1.165, 1.54) is 41.2 Å². The number of nitrogens with one attached hydrogen (secondary N) is 1. The van der Waals surface area contributed by atoms with Crippen molar-refractivity contribution in [3.8, 4) is 0 Å². The van der Waals surface area contributed by atoms with Crippen molar-refractivity contribution in [1.82, 2.24) is 34.4 Å². The number of nitrogen functional groups attached to an aromatic ring is 2. The van der Waals surface area contributed by atoms with Crippen molar-refractivity contribution in [1.29, 1.82) is 0 Å². The quantitative estimate of drug-likeness (QED) is 0.0775. The number of ether oxygens (including phenoxy) is 3. The second-order valence-corrected chi connectivity index (χ2v) is 14.6. The third-order valence-corrected chi connectivity index (χ3v) is 10.1. The summed E-state index contributed by atoms with van der Waals surface area (Å²) < 4.78 is 59.3. The minimum absolute atomic E-state index is 0.0578. The lowest BCUT2D eigenvalue weighted by Crippen LogP contribution is -2.43. The molecule has 0 radical (unpaired) electrons. The minimum Gasteiger partial charge on any atom is -0.455 e. The summed E-state index contributed by atoms with van der Waals surface area (Å²) in [6, 6.07) is 0.612. The van der Waals surface area contributed by atoms with Gasteiger partial charge in [0.15, 0.2) is 23.8 Å². The van der Waals surface area contributed by atoms with Crippen molar-refractivity contribution in [3.63, 3.8) is 0 Å². The molecule has 3 aromatic rings. The average molecular weight is 752 g/mol. The molecule has 3 aliphatic rings. The summed E-state index contributed by atoms with van der Waals surface area (Å²) in [5, 5.41) is 14.3. The fourth-order valence-electron chi connectivity index (χ4n) is 5.37. The van der Waals surface area contributed by atoms with Crippen LogP contribution in [0.2, 0.25) is 0 Å². The van der Waals surface area contributed by atoms with E-state index in [1.807, 2.05) is 0 Å². The van der Waals surface area contributed by atoms with Crippen molar-refractivity contribution in [2.24, 2.45) is 0 Å². The van der Waals surface area contributed by atoms with Gasteiger partial charge in [-0.05, 0) is 6.07 Å². The Labute approximate surface area is 279 Å². The summed E-state index contributed by atoms with van der Waals surface area (Å²) in [6.07, 6.45) is -6.15. The smallest absolute Gasteiger partial charge is 0.455 e. The lowest BCUT2D eigenvalue weighted by molar-refractivity contribution is -0.158. The van der Waals surface area contributed by atoms with E-state index in [0.29, 0.717) is 11.6 Å². The van der Waals surface area contributed by atoms with E-state index in [9.17, 15) is 38.5 Å². The number of esters is 1. The molecule has 3 aromatic heterocycles. The first-order chi connectivity index (χ1) is 23.2. The number of phosphoric ester groups is 2. The lowest BCUT2D eigenvalue weighted by atomic mass is 10.1. The molecule has 0 spiro atoms. The van der Waals surface area contributed by atoms with Crippen molar-refractivity contribution in [2.45, 2.75) is 55.4 Å². The number of hydrogen-bond acceptors (Lipinski definition) is 19. The predicted molar refractivity (Wildman–Crippen MR) is 164 cm³/mol. The molecule has 49 heavy (non-hydrogen) atoms. The highest BCUT2D eigenvalue weighted by Crippen LogP contribution is 2.50. The maximum atomic E-state index is 13.2. The van der Waals surface area contributed by atoms with Crippen LogP contribution in [0.4, 0.5) is 11.6 Å². The van der Waals surface area contributed by atoms with Gasteiger partial charge in [0.2, 0.25) is 0 Å². The second-order valence-electron chi connectivity index (χ2n) is 10.9. The van der Waals surface area contributed by atoms with Crippen LogP contribution in [0.1, 0.15) is 18.9 Å². The molecule has 0 aromatic carbocycles. The largest absolute Gasteiger partial charge is 0.472 e. The van der Waals surface area contributed by atoms with E-state index in [2.05, 4.69) is 29.8 Å². The molecule has 268 valence electrons. The highest BCUT2D eigenvalue weighted by atomic mass is 32.2. The first-order valence-corrected chi connectivity index (χ1v) is 18.5. The first kappa shape index (κ1) is 35.7. The molecular weight excluding hydrogens is 720 g/mol. The monoisotopic (exact) mass is 751 g/mol. The Hall–Kier alpha value is -3.09. The number of phosphoric acid groups is 2. The molecule has 26 heteroatoms. The SMILES string of the molecule is Nc1ccn([C@H]2C[C@H](OP(=O)(O)OCC3OC(n4cnc5c(N)ncnc54)C(O)C3OC(=O)[C@@H]3CSCN3)[C@@H](COP(=O)(O)O)O2)c(=O)n1. The van der Waals surface area contributed by atoms with Crippen molar-refractivity contribution in [2.75, 3.05) is 36.3 Å². The van der Waals surface area contributed by atoms with Crippen LogP contribution in [0.15, 0.2) is 29.7 Å². The van der Waals surface area contributed by atoms with Crippen LogP contribution in [0.25, 0.3) is 11.2 Å². The van der Waals surface area contributed by atoms with E-state index >= 15 is 0 Å². The second kappa shape index (κ2) is 14.3. The Kier molecular flexibility index (Phi) is 10.4. The molecule has 9 atom stereocenters. The average Bonchev–Trinajstić information content (AvgIpc) is 3.83. The molecule has 6 heterocycles. The van der Waals surface area contributed by atoms with Gasteiger partial charge in [0, 0.05) is 24.2 Å². The zero-order valence-corrected chi connectivity index (χ0v) is 27.6. The van der Waals surface area contributed by atoms with Gasteiger partial charge in [-0.3, -0.25) is 32.8 Å². The molecular formula is C23H31N9O14P2S. The Balaban J connectivity index is 1.19. The van der Waals surface area contributed by atoms with E-state index < -0.39 is 89.5 Å². The van der Waals surface area contributed by atoms with Crippen LogP contribution < -0.4 is 22.5 Å². The third-order valence-electron chi connectivity index (χ3n) is 7.64. The zero-order chi connectivity index (χ0) is 35.1. The van der Waals surface area contributed by atoms with Gasteiger partial charge >= 0.3 is 27.3 Å². The third kappa shape index (κ3) is 8.12. The summed E-state index contributed by atoms with van der Waals surface area (Å²) >= 11 is 1.46. The summed E-state index contributed by atoms with van der Waals surface area (Å²) in [7, 11) is -10.1. The Bertz CT molecular complexity index is 1840. The maximum Gasteiger partial charge on any atom is 0.472 e. The molecule has 0 saturated carbocycles. The van der Waals surface area contributed by atoms with Gasteiger partial charge in [-0.15, -0.1) is 11.8 Å². The van der Waals surface area contributed by atoms with E-state index in [1.54, 1.807) is 0 Å². The summed E-state index contributed by atoms with van der Waals surface area (Å²) in [5.74, 6) is 0.182. The van der Waals surface area contributed by atoms with E-state index in [0.717, 1.165) is 4.57 Å². The van der Waals surface area contributed by atoms with E-state index in [-0.39, 0.29) is 29.2 Å². The number of nitrogens with two attached hydrogens (primary N) is 2. The van der Waals surface area contributed by atoms with Crippen LogP contribution in [0.5, 0.6) is 0 Å². The number of anilines is 2. The number of aliphatic hydroxyl groups is 1. The maximum absolute atomic E-state index is 13.2. The number of aliphatic hydroxyl groups excluding tert-OH is 1. The number of thioether (sulfide) groups is 1. The normalized spacial score (nSPS) is 30.1. The van der Waals surface area contributed by atoms with Crippen LogP contribution >= 0.6 is 27.4 Å². The number of carbonyl (C=O) groups is 1. The lowest BCUT2D eigenvalue weighted by Gasteiger charge is -2.24. The number of rotatable bonds is 12. The standard InChI is InChI=1S/C23H31N9O14P2S/c24-14-1-2-31(23(35)30-14)15-3-11(12(43-15)4-41-47(36,37)38)46-48(39,40)42-5-13-18(45-22(34)10-6-49-9-29-10)17(33)21(44-13)32-8-28-16-19(25)26-7-27-20(16)32/h1-2,7-8,10-13,15,17-18,21,29,33H,3-6,9H2,(H,39,40)(H2,24,30,35)(H2,25,26,27)(H2,36,37,38)/t10-,11-,12+,13?,15+,17?,18?,21?/m0/s1. The number of imidazole rings is 1. The predicted octanol–water partition coefficient (Wildman–Crippen LogP) is -2.02. The van der Waals surface area contributed by atoms with Crippen LogP contribution in [-0.2, 0) is 41.7 Å². The topological polar surface area (TPSA) is 330 Å². The minimum atomic E-state index is -5.09. The van der Waals surface area contributed by atoms with E-state index in [4.69, 9.17) is 34.7 Å². The fraction of sp³-hybridized carbons (Fsp3) is 0.565. The molecule has 9 N–H and O–H groups in total. The van der Waals surface area contributed by atoms with Gasteiger partial charge in [0.05, 0.1) is 19.5 Å². The number of fused-ring (bicyclic) bond motifs is 1. The fourth-order valence-corrected chi connectivity index (χ4v) is 7.59. The summed E-state index contributed by atoms with van der Waals surface area (Å²) in [5.41, 5.74) is 11.0. The van der Waals surface area contributed by atoms with Crippen LogP contribution in [0.3, 0.4) is 0 Å². The summed E-state index contributed by atoms with van der Waals surface area (Å²) in [4.78, 5) is 70.2. The molecule has 3 saturated heterocycles. The molecule has 3 fully saturated rings. The molecule has 0 amide bonds. The Morgan fingerprint density at radius 1 is 1.10 bits per heavy atom. The van der Waals surface area contributed by atoms with Crippen LogP contribution in [0, 0.1) is 0 Å². The van der Waals surface area contributed by atoms with Gasteiger partial charge in [0.1, 0.15) is 54.3 Å². The molecule has 5 unspecified atom stereocenters.